The summed E-state index contributed by atoms with van der Waals surface area (Å²) in [6.07, 6.45) is 0. The van der Waals surface area contributed by atoms with E-state index in [9.17, 15) is 4.79 Å². The maximum Gasteiger partial charge on any atom is 0.238 e. The first kappa shape index (κ1) is 16.0. The monoisotopic (exact) mass is 283 g/mol. The van der Waals surface area contributed by atoms with E-state index < -0.39 is 0 Å². The van der Waals surface area contributed by atoms with Crippen molar-refractivity contribution in [3.8, 4) is 0 Å². The van der Waals surface area contributed by atoms with Crippen molar-refractivity contribution in [1.29, 1.82) is 0 Å². The minimum absolute atomic E-state index is 0. The number of rotatable bonds is 3. The highest BCUT2D eigenvalue weighted by molar-refractivity contribution is 5.92. The Kier molecular flexibility index (Phi) is 6.28. The maximum absolute atomic E-state index is 11.9. The zero-order valence-corrected chi connectivity index (χ0v) is 12.2. The van der Waals surface area contributed by atoms with Crippen LogP contribution in [0.25, 0.3) is 0 Å². The van der Waals surface area contributed by atoms with E-state index in [1.165, 1.54) is 0 Å². The summed E-state index contributed by atoms with van der Waals surface area (Å²) < 4.78 is 0. The van der Waals surface area contributed by atoms with Crippen LogP contribution in [-0.2, 0) is 4.79 Å². The van der Waals surface area contributed by atoms with Gasteiger partial charge in [0, 0.05) is 30.9 Å². The fourth-order valence-electron chi connectivity index (χ4n) is 2.49. The van der Waals surface area contributed by atoms with Crippen LogP contribution < -0.4 is 10.6 Å². The van der Waals surface area contributed by atoms with Crippen molar-refractivity contribution >= 4 is 24.0 Å². The highest BCUT2D eigenvalue weighted by Crippen LogP contribution is 2.07. The molecule has 1 aromatic rings. The molecule has 5 heteroatoms. The van der Waals surface area contributed by atoms with E-state index in [1.807, 2.05) is 30.3 Å². The van der Waals surface area contributed by atoms with Gasteiger partial charge in [0.1, 0.15) is 0 Å². The lowest BCUT2D eigenvalue weighted by Gasteiger charge is -2.35. The van der Waals surface area contributed by atoms with Gasteiger partial charge in [0.05, 0.1) is 6.54 Å². The Morgan fingerprint density at radius 2 is 1.84 bits per heavy atom. The van der Waals surface area contributed by atoms with Gasteiger partial charge in [-0.2, -0.15) is 0 Å². The molecular weight excluding hydrogens is 262 g/mol. The third kappa shape index (κ3) is 5.19. The van der Waals surface area contributed by atoms with Crippen LogP contribution in [0.1, 0.15) is 13.8 Å². The summed E-state index contributed by atoms with van der Waals surface area (Å²) in [5, 5.41) is 6.38. The lowest BCUT2D eigenvalue weighted by Crippen LogP contribution is -2.55. The molecule has 0 aromatic heterocycles. The van der Waals surface area contributed by atoms with Crippen molar-refractivity contribution in [2.45, 2.75) is 25.9 Å². The number of benzene rings is 1. The molecule has 1 aliphatic heterocycles. The van der Waals surface area contributed by atoms with Crippen molar-refractivity contribution in [3.63, 3.8) is 0 Å². The molecule has 2 rings (SSSR count). The van der Waals surface area contributed by atoms with Crippen molar-refractivity contribution in [1.82, 2.24) is 10.2 Å². The average molecular weight is 284 g/mol. The third-order valence-corrected chi connectivity index (χ3v) is 3.06. The van der Waals surface area contributed by atoms with Gasteiger partial charge in [0.25, 0.3) is 0 Å². The molecule has 0 aliphatic carbocycles. The van der Waals surface area contributed by atoms with Gasteiger partial charge in [-0.05, 0) is 26.0 Å². The Bertz CT molecular complexity index is 389. The van der Waals surface area contributed by atoms with Crippen molar-refractivity contribution in [2.75, 3.05) is 25.0 Å². The molecule has 0 radical (unpaired) electrons. The fraction of sp³-hybridized carbons (Fsp3) is 0.500. The molecule has 2 atom stereocenters. The van der Waals surface area contributed by atoms with Crippen LogP contribution in [0.4, 0.5) is 5.69 Å². The molecule has 19 heavy (non-hydrogen) atoms. The van der Waals surface area contributed by atoms with E-state index in [1.54, 1.807) is 0 Å². The number of amides is 1. The molecule has 1 aromatic carbocycles. The first-order valence-corrected chi connectivity index (χ1v) is 6.47. The molecule has 0 saturated carbocycles. The largest absolute Gasteiger partial charge is 0.325 e. The zero-order valence-electron chi connectivity index (χ0n) is 11.4. The number of piperazine rings is 1. The van der Waals surface area contributed by atoms with Gasteiger partial charge < -0.3 is 10.6 Å². The van der Waals surface area contributed by atoms with Gasteiger partial charge in [-0.25, -0.2) is 0 Å². The molecule has 1 aliphatic rings. The van der Waals surface area contributed by atoms with E-state index in [4.69, 9.17) is 0 Å². The normalized spacial score (nSPS) is 23.5. The van der Waals surface area contributed by atoms with Crippen LogP contribution in [0.15, 0.2) is 30.3 Å². The molecule has 1 fully saturated rings. The smallest absolute Gasteiger partial charge is 0.238 e. The number of halogens is 1. The van der Waals surface area contributed by atoms with Gasteiger partial charge in [0.2, 0.25) is 5.91 Å². The number of anilines is 1. The molecular formula is C14H22ClN3O. The highest BCUT2D eigenvalue weighted by atomic mass is 35.5. The molecule has 2 N–H and O–H groups in total. The molecule has 2 unspecified atom stereocenters. The SMILES string of the molecule is CC1CN(CC(=O)Nc2ccccc2)CC(C)N1.Cl. The number of nitrogens with zero attached hydrogens (tertiary/aromatic N) is 1. The van der Waals surface area contributed by atoms with Gasteiger partial charge in [-0.15, -0.1) is 12.4 Å². The topological polar surface area (TPSA) is 44.4 Å². The van der Waals surface area contributed by atoms with Crippen LogP contribution >= 0.6 is 12.4 Å². The predicted molar refractivity (Wildman–Crippen MR) is 80.8 cm³/mol. The van der Waals surface area contributed by atoms with E-state index in [2.05, 4.69) is 29.4 Å². The predicted octanol–water partition coefficient (Wildman–Crippen LogP) is 1.73. The first-order valence-electron chi connectivity index (χ1n) is 6.47. The molecule has 0 spiro atoms. The van der Waals surface area contributed by atoms with Crippen molar-refractivity contribution in [3.05, 3.63) is 30.3 Å². The average Bonchev–Trinajstić information content (AvgIpc) is 2.28. The van der Waals surface area contributed by atoms with E-state index >= 15 is 0 Å². The second kappa shape index (κ2) is 7.48. The number of carbonyl (C=O) groups excluding carboxylic acids is 1. The minimum Gasteiger partial charge on any atom is -0.325 e. The number of nitrogens with one attached hydrogen (secondary N) is 2. The first-order chi connectivity index (χ1) is 8.63. The van der Waals surface area contributed by atoms with Gasteiger partial charge in [0.15, 0.2) is 0 Å². The van der Waals surface area contributed by atoms with Crippen LogP contribution in [0.5, 0.6) is 0 Å². The second-order valence-corrected chi connectivity index (χ2v) is 5.08. The number of hydrogen-bond donors (Lipinski definition) is 2. The molecule has 106 valence electrons. The Labute approximate surface area is 121 Å². The quantitative estimate of drug-likeness (QED) is 0.888. The van der Waals surface area contributed by atoms with Crippen LogP contribution in [0.3, 0.4) is 0 Å². The number of carbonyl (C=O) groups is 1. The Morgan fingerprint density at radius 1 is 1.26 bits per heavy atom. The van der Waals surface area contributed by atoms with Gasteiger partial charge in [-0.1, -0.05) is 18.2 Å². The summed E-state index contributed by atoms with van der Waals surface area (Å²) in [5.41, 5.74) is 0.860. The summed E-state index contributed by atoms with van der Waals surface area (Å²) in [6, 6.07) is 10.5. The van der Waals surface area contributed by atoms with Crippen LogP contribution in [-0.4, -0.2) is 42.5 Å². The molecule has 1 heterocycles. The van der Waals surface area contributed by atoms with Crippen LogP contribution in [0.2, 0.25) is 0 Å². The standard InChI is InChI=1S/C14H21N3O.ClH/c1-11-8-17(9-12(2)15-11)10-14(18)16-13-6-4-3-5-7-13;/h3-7,11-12,15H,8-10H2,1-2H3,(H,16,18);1H. The van der Waals surface area contributed by atoms with E-state index in [0.717, 1.165) is 18.8 Å². The maximum atomic E-state index is 11.9. The highest BCUT2D eigenvalue weighted by Gasteiger charge is 2.22. The summed E-state index contributed by atoms with van der Waals surface area (Å²) in [6.45, 7) is 6.61. The molecule has 1 amide bonds. The third-order valence-electron chi connectivity index (χ3n) is 3.06. The summed E-state index contributed by atoms with van der Waals surface area (Å²) in [7, 11) is 0. The van der Waals surface area contributed by atoms with Gasteiger partial charge in [-0.3, -0.25) is 9.69 Å². The summed E-state index contributed by atoms with van der Waals surface area (Å²) in [4.78, 5) is 14.1. The van der Waals surface area contributed by atoms with Crippen LogP contribution in [0, 0.1) is 0 Å². The Morgan fingerprint density at radius 3 is 2.42 bits per heavy atom. The van der Waals surface area contributed by atoms with Gasteiger partial charge >= 0.3 is 0 Å². The van der Waals surface area contributed by atoms with Crippen molar-refractivity contribution < 1.29 is 4.79 Å². The number of hydrogen-bond acceptors (Lipinski definition) is 3. The molecule has 0 bridgehead atoms. The lowest BCUT2D eigenvalue weighted by molar-refractivity contribution is -0.117. The minimum atomic E-state index is 0. The molecule has 1 saturated heterocycles. The molecule has 4 nitrogen and oxygen atoms in total. The Balaban J connectivity index is 0.00000180. The number of para-hydroxylation sites is 1. The van der Waals surface area contributed by atoms with E-state index in [-0.39, 0.29) is 18.3 Å². The second-order valence-electron chi connectivity index (χ2n) is 5.08. The summed E-state index contributed by atoms with van der Waals surface area (Å²) >= 11 is 0. The Hall–Kier alpha value is -1.10. The van der Waals surface area contributed by atoms with E-state index in [0.29, 0.717) is 18.6 Å². The van der Waals surface area contributed by atoms with Crippen molar-refractivity contribution in [2.24, 2.45) is 0 Å². The lowest BCUT2D eigenvalue weighted by atomic mass is 10.1. The fourth-order valence-corrected chi connectivity index (χ4v) is 2.49. The zero-order chi connectivity index (χ0) is 13.0. The summed E-state index contributed by atoms with van der Waals surface area (Å²) in [5.74, 6) is 0.0579.